The zero-order valence-electron chi connectivity index (χ0n) is 80.2. The zero-order chi connectivity index (χ0) is 95.7. The van der Waals surface area contributed by atoms with E-state index in [1.165, 1.54) is 17.6 Å². The number of piperidine rings is 3. The van der Waals surface area contributed by atoms with Crippen molar-refractivity contribution < 1.29 is 43.5 Å². The maximum Gasteiger partial charge on any atom is 0.490 e. The number of aromatic amines is 3. The maximum atomic E-state index is 13.6. The highest BCUT2D eigenvalue weighted by molar-refractivity contribution is 9.10. The second kappa shape index (κ2) is 42.7. The van der Waals surface area contributed by atoms with Crippen LogP contribution in [0.3, 0.4) is 0 Å². The Hall–Kier alpha value is -12.4. The number of H-pyrrole nitrogens is 3. The summed E-state index contributed by atoms with van der Waals surface area (Å²) in [6.07, 6.45) is 16.4. The van der Waals surface area contributed by atoms with Gasteiger partial charge in [0.2, 0.25) is 17.3 Å². The molecule has 6 aliphatic heterocycles. The first kappa shape index (κ1) is 97.2. The summed E-state index contributed by atoms with van der Waals surface area (Å²) in [7, 11) is 11.4. The molecule has 35 heteroatoms. The molecule has 6 fully saturated rings. The van der Waals surface area contributed by atoms with Crippen LogP contribution in [0.2, 0.25) is 0 Å². The van der Waals surface area contributed by atoms with E-state index in [1.54, 1.807) is 58.7 Å². The van der Waals surface area contributed by atoms with Crippen molar-refractivity contribution in [2.75, 3.05) is 189 Å². The van der Waals surface area contributed by atoms with Crippen LogP contribution in [0.5, 0.6) is 0 Å². The molecular formula is C100H126BBrN24O9. The number of anilines is 6. The second-order valence-electron chi connectivity index (χ2n) is 38.3. The number of ketones is 3. The van der Waals surface area contributed by atoms with Gasteiger partial charge in [-0.3, -0.25) is 24.4 Å². The molecule has 9 aromatic heterocycles. The van der Waals surface area contributed by atoms with E-state index >= 15 is 0 Å². The summed E-state index contributed by atoms with van der Waals surface area (Å²) >= 11 is 3.30. The van der Waals surface area contributed by atoms with Crippen molar-refractivity contribution in [1.82, 2.24) is 89.6 Å². The summed E-state index contributed by atoms with van der Waals surface area (Å²) in [6.45, 7) is 32.0. The van der Waals surface area contributed by atoms with Crippen LogP contribution in [0.15, 0.2) is 151 Å². The molecule has 0 radical (unpaired) electrons. The number of fused-ring (bicyclic) bond motifs is 3. The van der Waals surface area contributed by atoms with Crippen molar-refractivity contribution in [2.45, 2.75) is 130 Å². The van der Waals surface area contributed by atoms with Crippen LogP contribution in [0, 0.1) is 20.8 Å². The molecule has 18 rings (SSSR count). The topological polar surface area (TPSA) is 355 Å². The lowest BCUT2D eigenvalue weighted by molar-refractivity contribution is 0.0230. The van der Waals surface area contributed by atoms with Gasteiger partial charge in [-0.05, 0) is 285 Å². The van der Waals surface area contributed by atoms with Crippen LogP contribution in [0.1, 0.15) is 145 Å². The Bertz CT molecular complexity index is 6180. The number of ether oxygens (including phenoxy) is 2. The van der Waals surface area contributed by atoms with Crippen molar-refractivity contribution in [3.8, 4) is 22.5 Å². The molecule has 0 unspecified atom stereocenters. The number of carbonyl (C=O) groups is 5. The molecule has 0 bridgehead atoms. The first-order chi connectivity index (χ1) is 64.6. The van der Waals surface area contributed by atoms with Gasteiger partial charge < -0.3 is 93.7 Å². The van der Waals surface area contributed by atoms with Gasteiger partial charge in [0.15, 0.2) is 17.5 Å². The van der Waals surface area contributed by atoms with Gasteiger partial charge in [-0.2, -0.15) is 0 Å². The highest BCUT2D eigenvalue weighted by Gasteiger charge is 2.33. The number of aryl methyl sites for hydroxylation is 3. The second-order valence-corrected chi connectivity index (χ2v) is 39.1. The number of rotatable bonds is 18. The van der Waals surface area contributed by atoms with E-state index in [-0.39, 0.29) is 29.5 Å². The number of halogens is 1. The van der Waals surface area contributed by atoms with Crippen LogP contribution in [-0.4, -0.2) is 320 Å². The van der Waals surface area contributed by atoms with Gasteiger partial charge >= 0.3 is 19.3 Å². The summed E-state index contributed by atoms with van der Waals surface area (Å²) in [5.41, 5.74) is 15.6. The van der Waals surface area contributed by atoms with Crippen LogP contribution in [0.4, 0.5) is 44.1 Å². The van der Waals surface area contributed by atoms with E-state index in [0.29, 0.717) is 120 Å². The van der Waals surface area contributed by atoms with Crippen molar-refractivity contribution in [3.05, 3.63) is 202 Å². The Balaban J connectivity index is 0.000000142. The third-order valence-electron chi connectivity index (χ3n) is 25.9. The van der Waals surface area contributed by atoms with Gasteiger partial charge in [-0.1, -0.05) is 0 Å². The molecule has 2 amide bonds. The average Bonchev–Trinajstić information content (AvgIpc) is 1.69. The molecule has 6 N–H and O–H groups in total. The molecule has 0 spiro atoms. The Morgan fingerprint density at radius 1 is 0.393 bits per heavy atom. The van der Waals surface area contributed by atoms with E-state index in [0.717, 1.165) is 194 Å². The molecule has 0 atom stereocenters. The monoisotopic (exact) mass is 1900 g/mol. The molecule has 0 saturated carbocycles. The third-order valence-corrected chi connectivity index (χ3v) is 26.3. The van der Waals surface area contributed by atoms with Crippen LogP contribution in [-0.2, 0) is 9.47 Å². The molecule has 15 heterocycles. The third kappa shape index (κ3) is 24.3. The van der Waals surface area contributed by atoms with E-state index < -0.39 is 18.3 Å². The highest BCUT2D eigenvalue weighted by Crippen LogP contribution is 2.34. The van der Waals surface area contributed by atoms with Crippen molar-refractivity contribution in [3.63, 3.8) is 0 Å². The lowest BCUT2D eigenvalue weighted by Gasteiger charge is -2.36. The molecular weight excluding hydrogens is 1770 g/mol. The summed E-state index contributed by atoms with van der Waals surface area (Å²) in [5.74, 6) is 3.14. The Morgan fingerprint density at radius 2 is 0.719 bits per heavy atom. The molecule has 135 heavy (non-hydrogen) atoms. The van der Waals surface area contributed by atoms with Crippen LogP contribution >= 0.6 is 15.9 Å². The number of benzene rings is 3. The highest BCUT2D eigenvalue weighted by atomic mass is 79.9. The van der Waals surface area contributed by atoms with Gasteiger partial charge in [0.25, 0.3) is 0 Å². The number of imidazole rings is 3. The number of pyridine rings is 6. The molecule has 6 saturated heterocycles. The number of hydrogen-bond acceptors (Lipinski definition) is 28. The molecule has 710 valence electrons. The fourth-order valence-corrected chi connectivity index (χ4v) is 18.3. The zero-order valence-corrected chi connectivity index (χ0v) is 81.8. The average molecular weight is 1900 g/mol. The van der Waals surface area contributed by atoms with E-state index in [9.17, 15) is 34.0 Å². The van der Waals surface area contributed by atoms with Gasteiger partial charge in [-0.15, -0.1) is 0 Å². The fourth-order valence-electron chi connectivity index (χ4n) is 18.0. The molecule has 6 aliphatic rings. The number of aromatic nitrogens is 12. The number of carbonyl (C=O) groups excluding carboxylic acids is 5. The lowest BCUT2D eigenvalue weighted by atomic mass is 9.78. The maximum absolute atomic E-state index is 13.6. The Kier molecular flexibility index (Phi) is 30.7. The number of amides is 2. The smallest absolute Gasteiger partial charge is 0.444 e. The minimum atomic E-state index is -1.51. The standard InChI is InChI=1S/C35H44N8O3.C30H36N8O.C20H22BrN5O.C15H24BN3O4/c1-23-19-31(42-15-17-43(18-16-42)34(45)46-35(2,3)4)37-22-27(23)29-20-24(9-12-36-29)32(44)33-38-28-8-7-26(21-30(28)39-33)41-13-10-25(11-14-41)40(5)6;1-20-16-28(38-14-10-31-11-15-38)33-19-24(20)26-17-21(6-9-32-26)29(39)30-34-25-5-4-23(18-27(25)35-30)37-12-7-22(8-13-37)36(2)3;1-25(2)14-6-9-26(10-7-14)15-3-4-16-17(12-15)24-20(23-16)19(27)13-5-8-22-18(21)11-13;1-11-9-13(17-10-12(11)16(21)22)18-5-7-19(8-6-18)14(20)23-15(2,3)4/h7-9,12,19-22,25H,10-11,13-18H2,1-6H3,(H,38,39);4-6,9,16-19,22,31H,7-8,10-15H2,1-3H3,(H,34,35);3-5,8,11-12,14H,6-7,9-10H2,1-2H3,(H,23,24);9-10,21-22H,5-8H2,1-4H3. The summed E-state index contributed by atoms with van der Waals surface area (Å²) in [6, 6.07) is 37.0. The predicted molar refractivity (Wildman–Crippen MR) is 536 cm³/mol. The normalized spacial score (nSPS) is 16.2. The Labute approximate surface area is 798 Å². The van der Waals surface area contributed by atoms with Gasteiger partial charge in [0.1, 0.15) is 33.3 Å². The molecule has 0 aliphatic carbocycles. The fraction of sp³-hybridized carbons (Fsp3) is 0.440. The number of piperazine rings is 3. The summed E-state index contributed by atoms with van der Waals surface area (Å²) in [4.78, 5) is 139. The first-order valence-corrected chi connectivity index (χ1v) is 47.5. The van der Waals surface area contributed by atoms with Crippen molar-refractivity contribution in [2.24, 2.45) is 0 Å². The quantitative estimate of drug-likeness (QED) is 0.0264. The summed E-state index contributed by atoms with van der Waals surface area (Å²) < 4.78 is 11.5. The van der Waals surface area contributed by atoms with Crippen LogP contribution in [0.25, 0.3) is 55.6 Å². The first-order valence-electron chi connectivity index (χ1n) is 46.7. The van der Waals surface area contributed by atoms with E-state index in [1.807, 2.05) is 104 Å². The van der Waals surface area contributed by atoms with Gasteiger partial charge in [0.05, 0.1) is 44.5 Å². The minimum absolute atomic E-state index is 0.136. The van der Waals surface area contributed by atoms with Crippen molar-refractivity contribution >= 4 is 126 Å². The Morgan fingerprint density at radius 3 is 1.04 bits per heavy atom. The number of nitrogens with one attached hydrogen (secondary N) is 4. The van der Waals surface area contributed by atoms with Gasteiger partial charge in [0, 0.05) is 223 Å². The molecule has 33 nitrogen and oxygen atoms in total. The van der Waals surface area contributed by atoms with E-state index in [4.69, 9.17) is 19.4 Å². The number of hydrogen-bond donors (Lipinski definition) is 6. The van der Waals surface area contributed by atoms with Crippen LogP contribution < -0.4 is 40.2 Å². The predicted octanol–water partition coefficient (Wildman–Crippen LogP) is 12.3. The largest absolute Gasteiger partial charge is 0.490 e. The van der Waals surface area contributed by atoms with Gasteiger partial charge in [-0.25, -0.2) is 44.5 Å². The van der Waals surface area contributed by atoms with E-state index in [2.05, 4.69) is 207 Å². The lowest BCUT2D eigenvalue weighted by Crippen LogP contribution is -2.50. The molecule has 3 aromatic carbocycles. The minimum Gasteiger partial charge on any atom is -0.444 e. The number of nitrogens with zero attached hydrogens (tertiary/aromatic N) is 20. The summed E-state index contributed by atoms with van der Waals surface area (Å²) in [5, 5.41) is 21.9. The van der Waals surface area contributed by atoms with Crippen molar-refractivity contribution in [1.29, 1.82) is 0 Å². The SMILES string of the molecule is CN(C)C1CCN(c2ccc3nc(C(=O)c4ccnc(Br)c4)[nH]c3c2)CC1.Cc1cc(N2CCN(C(=O)OC(C)(C)C)CC2)ncc1-c1cc(C(=O)c2nc3ccc(N4CCC(N(C)C)CC4)cc3[nH]2)ccn1.Cc1cc(N2CCN(C(=O)OC(C)(C)C)CC2)ncc1B(O)O.Cc1cc(N2CCNCC2)ncc1-c1cc(C(=O)c2nc3ccc(N4CCC(N(C)C)CC4)cc3[nH]2)ccn1. The molecule has 12 aromatic rings.